The highest BCUT2D eigenvalue weighted by molar-refractivity contribution is 6.32. The van der Waals surface area contributed by atoms with Crippen LogP contribution in [0.1, 0.15) is 11.1 Å². The first kappa shape index (κ1) is 18.2. The topological polar surface area (TPSA) is 48.2 Å². The molecule has 4 nitrogen and oxygen atoms in total. The van der Waals surface area contributed by atoms with Crippen LogP contribution in [0.25, 0.3) is 22.8 Å². The molecule has 0 aliphatic heterocycles. The summed E-state index contributed by atoms with van der Waals surface area (Å²) in [7, 11) is 0. The molecule has 0 fully saturated rings. The van der Waals surface area contributed by atoms with Crippen LogP contribution >= 0.6 is 11.6 Å². The number of rotatable bonds is 5. The van der Waals surface area contributed by atoms with Gasteiger partial charge in [0.25, 0.3) is 5.89 Å². The highest BCUT2D eigenvalue weighted by atomic mass is 35.5. The quantitative estimate of drug-likeness (QED) is 0.411. The van der Waals surface area contributed by atoms with E-state index in [2.05, 4.69) is 10.1 Å². The molecular weight excluding hydrogens is 379 g/mol. The van der Waals surface area contributed by atoms with E-state index >= 15 is 0 Å². The normalized spacial score (nSPS) is 10.8. The molecule has 1 aromatic heterocycles. The van der Waals surface area contributed by atoms with Crippen molar-refractivity contribution in [2.75, 3.05) is 0 Å². The maximum Gasteiger partial charge on any atom is 0.258 e. The summed E-state index contributed by atoms with van der Waals surface area (Å²) >= 11 is 6.16. The minimum absolute atomic E-state index is 0.308. The highest BCUT2D eigenvalue weighted by Crippen LogP contribution is 2.27. The van der Waals surface area contributed by atoms with E-state index < -0.39 is 0 Å². The van der Waals surface area contributed by atoms with Crippen molar-refractivity contribution in [1.82, 2.24) is 10.1 Å². The Morgan fingerprint density at radius 1 is 0.964 bits per heavy atom. The Kier molecular flexibility index (Phi) is 5.08. The molecule has 0 spiro atoms. The van der Waals surface area contributed by atoms with Gasteiger partial charge in [-0.3, -0.25) is 0 Å². The van der Waals surface area contributed by atoms with Gasteiger partial charge < -0.3 is 9.26 Å². The number of nitrogens with zero attached hydrogens (tertiary/aromatic N) is 2. The van der Waals surface area contributed by atoms with E-state index in [1.807, 2.05) is 49.4 Å². The number of halogens is 2. The van der Waals surface area contributed by atoms with Crippen LogP contribution in [0, 0.1) is 12.7 Å². The Morgan fingerprint density at radius 2 is 1.68 bits per heavy atom. The molecule has 6 heteroatoms. The molecule has 0 saturated carbocycles. The van der Waals surface area contributed by atoms with Crippen molar-refractivity contribution in [2.45, 2.75) is 13.5 Å². The molecule has 0 aliphatic rings. The zero-order valence-electron chi connectivity index (χ0n) is 15.0. The summed E-state index contributed by atoms with van der Waals surface area (Å²) < 4.78 is 24.2. The van der Waals surface area contributed by atoms with Crippen LogP contribution in [-0.4, -0.2) is 10.1 Å². The largest absolute Gasteiger partial charge is 0.487 e. The molecule has 4 rings (SSSR count). The zero-order valence-corrected chi connectivity index (χ0v) is 15.8. The number of ether oxygens (including phenoxy) is 1. The second kappa shape index (κ2) is 7.82. The summed E-state index contributed by atoms with van der Waals surface area (Å²) in [4.78, 5) is 4.38. The van der Waals surface area contributed by atoms with Gasteiger partial charge in [0.15, 0.2) is 0 Å². The molecule has 4 aromatic rings. The van der Waals surface area contributed by atoms with Gasteiger partial charge in [0, 0.05) is 11.1 Å². The highest BCUT2D eigenvalue weighted by Gasteiger charge is 2.11. The fourth-order valence-electron chi connectivity index (χ4n) is 2.68. The molecule has 0 aliphatic carbocycles. The maximum absolute atomic E-state index is 13.0. The van der Waals surface area contributed by atoms with E-state index in [1.54, 1.807) is 12.1 Å². The second-order valence-electron chi connectivity index (χ2n) is 6.35. The Bertz CT molecular complexity index is 1090. The van der Waals surface area contributed by atoms with Crippen molar-refractivity contribution in [2.24, 2.45) is 0 Å². The fourth-order valence-corrected chi connectivity index (χ4v) is 2.85. The van der Waals surface area contributed by atoms with Crippen molar-refractivity contribution < 1.29 is 13.7 Å². The van der Waals surface area contributed by atoms with Crippen LogP contribution in [-0.2, 0) is 6.61 Å². The Labute approximate surface area is 166 Å². The molecule has 0 unspecified atom stereocenters. The summed E-state index contributed by atoms with van der Waals surface area (Å²) in [6, 6.07) is 19.3. The first-order valence-corrected chi connectivity index (χ1v) is 9.04. The molecule has 1 heterocycles. The van der Waals surface area contributed by atoms with E-state index in [1.165, 1.54) is 12.1 Å². The fraction of sp³-hybridized carbons (Fsp3) is 0.0909. The predicted octanol–water partition coefficient (Wildman–Crippen LogP) is 6.08. The summed E-state index contributed by atoms with van der Waals surface area (Å²) in [6.45, 7) is 2.39. The van der Waals surface area contributed by atoms with Gasteiger partial charge in [0.2, 0.25) is 5.82 Å². The van der Waals surface area contributed by atoms with Gasteiger partial charge in [-0.05, 0) is 66.6 Å². The predicted molar refractivity (Wildman–Crippen MR) is 106 cm³/mol. The van der Waals surface area contributed by atoms with E-state index in [0.29, 0.717) is 34.7 Å². The number of hydrogen-bond acceptors (Lipinski definition) is 4. The molecule has 0 N–H and O–H groups in total. The molecule has 0 atom stereocenters. The van der Waals surface area contributed by atoms with Gasteiger partial charge in [-0.2, -0.15) is 4.98 Å². The minimum Gasteiger partial charge on any atom is -0.487 e. The zero-order chi connectivity index (χ0) is 19.5. The van der Waals surface area contributed by atoms with Crippen molar-refractivity contribution in [3.8, 4) is 28.6 Å². The Balaban J connectivity index is 1.46. The maximum atomic E-state index is 13.0. The third-order valence-corrected chi connectivity index (χ3v) is 4.52. The van der Waals surface area contributed by atoms with E-state index in [-0.39, 0.29) is 5.82 Å². The van der Waals surface area contributed by atoms with Crippen molar-refractivity contribution in [3.05, 3.63) is 88.7 Å². The minimum atomic E-state index is -0.308. The summed E-state index contributed by atoms with van der Waals surface area (Å²) in [5.41, 5.74) is 3.55. The van der Waals surface area contributed by atoms with E-state index in [9.17, 15) is 4.39 Å². The number of hydrogen-bond donors (Lipinski definition) is 0. The van der Waals surface area contributed by atoms with Gasteiger partial charge in [0.05, 0.1) is 5.02 Å². The van der Waals surface area contributed by atoms with Crippen LogP contribution in [0.2, 0.25) is 5.02 Å². The van der Waals surface area contributed by atoms with E-state index in [4.69, 9.17) is 20.9 Å². The Morgan fingerprint density at radius 3 is 2.43 bits per heavy atom. The van der Waals surface area contributed by atoms with Crippen LogP contribution in [0.5, 0.6) is 5.75 Å². The number of aryl methyl sites for hydroxylation is 1. The van der Waals surface area contributed by atoms with Gasteiger partial charge in [-0.25, -0.2) is 4.39 Å². The molecule has 3 aromatic carbocycles. The van der Waals surface area contributed by atoms with Crippen molar-refractivity contribution in [3.63, 3.8) is 0 Å². The first-order chi connectivity index (χ1) is 13.6. The van der Waals surface area contributed by atoms with Crippen molar-refractivity contribution >= 4 is 11.6 Å². The third-order valence-electron chi connectivity index (χ3n) is 4.21. The number of aromatic nitrogens is 2. The molecule has 28 heavy (non-hydrogen) atoms. The molecule has 140 valence electrons. The summed E-state index contributed by atoms with van der Waals surface area (Å²) in [5, 5.41) is 4.55. The second-order valence-corrected chi connectivity index (χ2v) is 6.76. The van der Waals surface area contributed by atoms with Gasteiger partial charge in [0.1, 0.15) is 18.2 Å². The monoisotopic (exact) mass is 394 g/mol. The summed E-state index contributed by atoms with van der Waals surface area (Å²) in [5.74, 6) is 1.16. The third kappa shape index (κ3) is 4.05. The lowest BCUT2D eigenvalue weighted by Gasteiger charge is -2.09. The van der Waals surface area contributed by atoms with Crippen LogP contribution in [0.15, 0.2) is 71.3 Å². The number of benzene rings is 3. The van der Waals surface area contributed by atoms with Gasteiger partial charge >= 0.3 is 0 Å². The lowest BCUT2D eigenvalue weighted by atomic mass is 10.1. The first-order valence-electron chi connectivity index (χ1n) is 8.66. The van der Waals surface area contributed by atoms with Crippen molar-refractivity contribution in [1.29, 1.82) is 0 Å². The van der Waals surface area contributed by atoms with Gasteiger partial charge in [-0.1, -0.05) is 35.0 Å². The average molecular weight is 395 g/mol. The molecule has 0 bridgehead atoms. The lowest BCUT2D eigenvalue weighted by Crippen LogP contribution is -1.96. The summed E-state index contributed by atoms with van der Waals surface area (Å²) in [6.07, 6.45) is 0. The smallest absolute Gasteiger partial charge is 0.258 e. The lowest BCUT2D eigenvalue weighted by molar-refractivity contribution is 0.306. The molecular formula is C22H16ClFN2O2. The van der Waals surface area contributed by atoms with Crippen LogP contribution in [0.4, 0.5) is 4.39 Å². The molecule has 0 saturated heterocycles. The molecule has 0 radical (unpaired) electrons. The van der Waals surface area contributed by atoms with E-state index in [0.717, 1.165) is 16.7 Å². The molecule has 0 amide bonds. The average Bonchev–Trinajstić information content (AvgIpc) is 3.20. The Hall–Kier alpha value is -3.18. The van der Waals surface area contributed by atoms with Gasteiger partial charge in [-0.15, -0.1) is 0 Å². The van der Waals surface area contributed by atoms with Crippen LogP contribution in [0.3, 0.4) is 0 Å². The van der Waals surface area contributed by atoms with Crippen LogP contribution < -0.4 is 4.74 Å². The standard InChI is InChI=1S/C22H16ClFN2O2/c1-14-2-11-19(23)20(12-14)27-13-15-3-5-17(6-4-15)22-25-21(26-28-22)16-7-9-18(24)10-8-16/h2-12H,13H2,1H3. The SMILES string of the molecule is Cc1ccc(Cl)c(OCc2ccc(-c3nc(-c4ccc(F)cc4)no3)cc2)c1.